The summed E-state index contributed by atoms with van der Waals surface area (Å²) in [7, 11) is -2.60. The van der Waals surface area contributed by atoms with Gasteiger partial charge < -0.3 is 9.73 Å². The summed E-state index contributed by atoms with van der Waals surface area (Å²) in [5.41, 5.74) is 2.60. The first-order valence-corrected chi connectivity index (χ1v) is 12.6. The Labute approximate surface area is 191 Å². The van der Waals surface area contributed by atoms with Gasteiger partial charge in [-0.2, -0.15) is 10.6 Å². The Kier molecular flexibility index (Phi) is 4.75. The molecule has 1 amide bonds. The number of para-hydroxylation sites is 1. The van der Waals surface area contributed by atoms with Crippen LogP contribution in [0.1, 0.15) is 43.1 Å². The van der Waals surface area contributed by atoms with E-state index in [4.69, 9.17) is 4.42 Å². The summed E-state index contributed by atoms with van der Waals surface area (Å²) >= 11 is 0. The van der Waals surface area contributed by atoms with Crippen LogP contribution in [0.5, 0.6) is 0 Å². The lowest BCUT2D eigenvalue weighted by Gasteiger charge is -2.54. The monoisotopic (exact) mass is 470 g/mol. The highest BCUT2D eigenvalue weighted by atomic mass is 32.3. The molecule has 1 saturated heterocycles. The van der Waals surface area contributed by atoms with E-state index in [2.05, 4.69) is 10.3 Å². The van der Waals surface area contributed by atoms with Gasteiger partial charge in [-0.1, -0.05) is 6.07 Å². The molecule has 2 aromatic heterocycles. The lowest BCUT2D eigenvalue weighted by molar-refractivity contribution is 0.0914. The molecule has 3 heterocycles. The molecule has 33 heavy (non-hydrogen) atoms. The summed E-state index contributed by atoms with van der Waals surface area (Å²) in [5.74, 6) is 0.474. The van der Waals surface area contributed by atoms with Gasteiger partial charge in [0, 0.05) is 18.5 Å². The molecule has 174 valence electrons. The molecule has 0 unspecified atom stereocenters. The molecule has 0 spiro atoms. The van der Waals surface area contributed by atoms with Crippen molar-refractivity contribution < 1.29 is 18.3 Å². The highest BCUT2D eigenvalue weighted by molar-refractivity contribution is 8.25. The number of imidazole rings is 1. The van der Waals surface area contributed by atoms with Crippen LogP contribution >= 0.6 is 10.6 Å². The Morgan fingerprint density at radius 2 is 1.94 bits per heavy atom. The SMILES string of the molecule is Cc1nc2c(-n3c(=O)n(C(C)C)c4cc(C(=O)NC5(C)CS(O)(O)C5)ccc43)cccc2o1. The average molecular weight is 471 g/mol. The Balaban J connectivity index is 1.64. The Bertz CT molecular complexity index is 1470. The molecule has 1 aliphatic rings. The quantitative estimate of drug-likeness (QED) is 0.413. The molecular weight excluding hydrogens is 444 g/mol. The summed E-state index contributed by atoms with van der Waals surface area (Å²) < 4.78 is 28.3. The molecule has 4 aromatic rings. The number of oxazole rings is 1. The normalized spacial score (nSPS) is 17.9. The molecule has 2 aromatic carbocycles. The summed E-state index contributed by atoms with van der Waals surface area (Å²) in [6, 6.07) is 10.4. The van der Waals surface area contributed by atoms with Crippen LogP contribution in [0.25, 0.3) is 27.8 Å². The summed E-state index contributed by atoms with van der Waals surface area (Å²) in [5, 5.41) is 2.90. The molecule has 1 fully saturated rings. The summed E-state index contributed by atoms with van der Waals surface area (Å²) in [6.45, 7) is 7.39. The van der Waals surface area contributed by atoms with E-state index >= 15 is 0 Å². The van der Waals surface area contributed by atoms with Crippen LogP contribution in [0.15, 0.2) is 45.6 Å². The van der Waals surface area contributed by atoms with E-state index in [9.17, 15) is 18.7 Å². The van der Waals surface area contributed by atoms with Crippen molar-refractivity contribution in [3.8, 4) is 5.69 Å². The van der Waals surface area contributed by atoms with E-state index in [-0.39, 0.29) is 29.1 Å². The average Bonchev–Trinajstić information content (AvgIpc) is 3.21. The van der Waals surface area contributed by atoms with Gasteiger partial charge in [-0.25, -0.2) is 9.78 Å². The van der Waals surface area contributed by atoms with Crippen molar-refractivity contribution in [2.24, 2.45) is 0 Å². The zero-order valence-corrected chi connectivity index (χ0v) is 19.6. The fourth-order valence-corrected chi connectivity index (χ4v) is 6.81. The van der Waals surface area contributed by atoms with Crippen LogP contribution in [0, 0.1) is 6.92 Å². The van der Waals surface area contributed by atoms with Crippen LogP contribution in [-0.4, -0.2) is 46.2 Å². The highest BCUT2D eigenvalue weighted by Crippen LogP contribution is 2.53. The van der Waals surface area contributed by atoms with E-state index in [0.717, 1.165) is 0 Å². The number of aryl methyl sites for hydroxylation is 1. The number of hydrogen-bond acceptors (Lipinski definition) is 6. The third kappa shape index (κ3) is 3.54. The van der Waals surface area contributed by atoms with Crippen molar-refractivity contribution in [1.82, 2.24) is 19.4 Å². The van der Waals surface area contributed by atoms with E-state index < -0.39 is 16.1 Å². The number of fused-ring (bicyclic) bond motifs is 2. The number of nitrogens with zero attached hydrogens (tertiary/aromatic N) is 3. The van der Waals surface area contributed by atoms with Gasteiger partial charge in [-0.05, 0) is 51.1 Å². The third-order valence-corrected chi connectivity index (χ3v) is 8.11. The number of benzene rings is 2. The number of rotatable bonds is 4. The predicted molar refractivity (Wildman–Crippen MR) is 129 cm³/mol. The van der Waals surface area contributed by atoms with Crippen molar-refractivity contribution in [2.45, 2.75) is 39.3 Å². The maximum atomic E-state index is 13.5. The fourth-order valence-electron chi connectivity index (χ4n) is 4.71. The Morgan fingerprint density at radius 3 is 2.61 bits per heavy atom. The Hall–Kier alpha value is -3.08. The van der Waals surface area contributed by atoms with Gasteiger partial charge in [-0.3, -0.25) is 23.0 Å². The molecule has 0 saturated carbocycles. The van der Waals surface area contributed by atoms with Crippen LogP contribution < -0.4 is 11.0 Å². The van der Waals surface area contributed by atoms with Crippen LogP contribution in [-0.2, 0) is 0 Å². The van der Waals surface area contributed by atoms with Gasteiger partial charge in [-0.15, -0.1) is 0 Å². The molecule has 0 radical (unpaired) electrons. The largest absolute Gasteiger partial charge is 0.441 e. The minimum absolute atomic E-state index is 0.141. The lowest BCUT2D eigenvalue weighted by atomic mass is 10.1. The minimum Gasteiger partial charge on any atom is -0.441 e. The lowest BCUT2D eigenvalue weighted by Crippen LogP contribution is -2.61. The molecule has 5 rings (SSSR count). The number of hydrogen-bond donors (Lipinski definition) is 3. The zero-order chi connectivity index (χ0) is 23.7. The zero-order valence-electron chi connectivity index (χ0n) is 18.8. The van der Waals surface area contributed by atoms with Crippen molar-refractivity contribution in [3.05, 3.63) is 58.3 Å². The van der Waals surface area contributed by atoms with Gasteiger partial charge >= 0.3 is 5.69 Å². The molecule has 3 N–H and O–H groups in total. The van der Waals surface area contributed by atoms with Crippen LogP contribution in [0.2, 0.25) is 0 Å². The first kappa shape index (κ1) is 21.7. The van der Waals surface area contributed by atoms with E-state index in [0.29, 0.717) is 39.3 Å². The fraction of sp³-hybridized carbons (Fsp3) is 0.348. The molecule has 0 aliphatic carbocycles. The molecule has 9 nitrogen and oxygen atoms in total. The molecule has 0 bridgehead atoms. The third-order valence-electron chi connectivity index (χ3n) is 5.91. The first-order chi connectivity index (χ1) is 15.5. The number of carbonyl (C=O) groups excluding carboxylic acids is 1. The predicted octanol–water partition coefficient (Wildman–Crippen LogP) is 4.08. The topological polar surface area (TPSA) is 123 Å². The van der Waals surface area contributed by atoms with Crippen molar-refractivity contribution in [2.75, 3.05) is 11.5 Å². The molecular formula is C23H26N4O5S. The molecule has 0 atom stereocenters. The number of aromatic nitrogens is 3. The highest BCUT2D eigenvalue weighted by Gasteiger charge is 2.45. The second-order valence-electron chi connectivity index (χ2n) is 9.25. The second-order valence-corrected chi connectivity index (χ2v) is 11.4. The van der Waals surface area contributed by atoms with Crippen LogP contribution in [0.4, 0.5) is 0 Å². The van der Waals surface area contributed by atoms with E-state index in [1.165, 1.54) is 0 Å². The van der Waals surface area contributed by atoms with Crippen molar-refractivity contribution in [1.29, 1.82) is 0 Å². The minimum atomic E-state index is -2.60. The van der Waals surface area contributed by atoms with E-state index in [1.54, 1.807) is 41.2 Å². The standard InChI is InChI=1S/C23H26N4O5S/c1-13(2)26-18-10-15(21(28)25-23(4)11-33(30,31)12-23)8-9-16(18)27(22(26)29)17-6-5-7-19-20(17)24-14(3)32-19/h5-10,13,30-31H,11-12H2,1-4H3,(H,25,28). The van der Waals surface area contributed by atoms with Gasteiger partial charge in [0.2, 0.25) is 0 Å². The first-order valence-electron chi connectivity index (χ1n) is 10.7. The number of nitrogens with one attached hydrogen (secondary N) is 1. The summed E-state index contributed by atoms with van der Waals surface area (Å²) in [4.78, 5) is 30.9. The summed E-state index contributed by atoms with van der Waals surface area (Å²) in [6.07, 6.45) is 0. The molecule has 10 heteroatoms. The second kappa shape index (κ2) is 7.21. The smallest absolute Gasteiger partial charge is 0.334 e. The van der Waals surface area contributed by atoms with Gasteiger partial charge in [0.1, 0.15) is 5.52 Å². The number of amides is 1. The maximum Gasteiger partial charge on any atom is 0.334 e. The van der Waals surface area contributed by atoms with Crippen molar-refractivity contribution >= 4 is 38.6 Å². The Morgan fingerprint density at radius 1 is 1.21 bits per heavy atom. The maximum absolute atomic E-state index is 13.5. The van der Waals surface area contributed by atoms with Crippen LogP contribution in [0.3, 0.4) is 0 Å². The molecule has 1 aliphatic heterocycles. The van der Waals surface area contributed by atoms with Gasteiger partial charge in [0.25, 0.3) is 5.91 Å². The number of carbonyl (C=O) groups is 1. The van der Waals surface area contributed by atoms with E-state index in [1.807, 2.05) is 32.0 Å². The van der Waals surface area contributed by atoms with Gasteiger partial charge in [0.15, 0.2) is 11.5 Å². The van der Waals surface area contributed by atoms with Gasteiger partial charge in [0.05, 0.1) is 33.8 Å². The van der Waals surface area contributed by atoms with Crippen molar-refractivity contribution in [3.63, 3.8) is 0 Å².